The van der Waals surface area contributed by atoms with Crippen LogP contribution in [0.1, 0.15) is 16.5 Å². The molecule has 0 saturated heterocycles. The Labute approximate surface area is 122 Å². The summed E-state index contributed by atoms with van der Waals surface area (Å²) < 4.78 is 5.26. The molecule has 0 aliphatic carbocycles. The highest BCUT2D eigenvalue weighted by Crippen LogP contribution is 2.33. The SMILES string of the molecule is COc1ccsc1C(O)Cc1ccc2ccccc2c1. The van der Waals surface area contributed by atoms with Crippen molar-refractivity contribution >= 4 is 22.1 Å². The molecule has 1 atom stereocenters. The molecule has 0 fully saturated rings. The molecule has 0 amide bonds. The topological polar surface area (TPSA) is 29.5 Å². The van der Waals surface area contributed by atoms with Gasteiger partial charge in [-0.15, -0.1) is 11.3 Å². The molecule has 1 aromatic heterocycles. The summed E-state index contributed by atoms with van der Waals surface area (Å²) in [4.78, 5) is 0.889. The molecule has 1 N–H and O–H groups in total. The Morgan fingerprint density at radius 2 is 1.90 bits per heavy atom. The molecule has 20 heavy (non-hydrogen) atoms. The second-order valence-corrected chi connectivity index (χ2v) is 5.70. The quantitative estimate of drug-likeness (QED) is 0.778. The average Bonchev–Trinajstić information content (AvgIpc) is 2.95. The van der Waals surface area contributed by atoms with E-state index in [9.17, 15) is 5.11 Å². The van der Waals surface area contributed by atoms with Crippen LogP contribution in [0.15, 0.2) is 53.9 Å². The Hall–Kier alpha value is -1.84. The van der Waals surface area contributed by atoms with E-state index in [1.165, 1.54) is 22.1 Å². The highest BCUT2D eigenvalue weighted by molar-refractivity contribution is 7.10. The summed E-state index contributed by atoms with van der Waals surface area (Å²) in [5, 5.41) is 14.7. The number of rotatable bonds is 4. The van der Waals surface area contributed by atoms with Crippen molar-refractivity contribution in [2.45, 2.75) is 12.5 Å². The molecule has 0 radical (unpaired) electrons. The third-order valence-electron chi connectivity index (χ3n) is 3.42. The fraction of sp³-hybridized carbons (Fsp3) is 0.176. The van der Waals surface area contributed by atoms with Gasteiger partial charge < -0.3 is 9.84 Å². The molecule has 102 valence electrons. The molecular weight excluding hydrogens is 268 g/mol. The molecule has 1 unspecified atom stereocenters. The van der Waals surface area contributed by atoms with Gasteiger partial charge in [-0.05, 0) is 27.8 Å². The predicted molar refractivity (Wildman–Crippen MR) is 83.5 cm³/mol. The minimum absolute atomic E-state index is 0.522. The van der Waals surface area contributed by atoms with Crippen LogP contribution in [0.3, 0.4) is 0 Å². The zero-order chi connectivity index (χ0) is 13.9. The van der Waals surface area contributed by atoms with Crippen molar-refractivity contribution < 1.29 is 9.84 Å². The van der Waals surface area contributed by atoms with E-state index in [0.717, 1.165) is 16.2 Å². The minimum Gasteiger partial charge on any atom is -0.495 e. The lowest BCUT2D eigenvalue weighted by Crippen LogP contribution is -2.01. The smallest absolute Gasteiger partial charge is 0.135 e. The molecule has 0 aliphatic heterocycles. The largest absolute Gasteiger partial charge is 0.495 e. The van der Waals surface area contributed by atoms with Gasteiger partial charge in [-0.3, -0.25) is 0 Å². The van der Waals surface area contributed by atoms with Crippen LogP contribution < -0.4 is 4.74 Å². The molecule has 2 aromatic carbocycles. The van der Waals surface area contributed by atoms with Crippen LogP contribution in [-0.4, -0.2) is 12.2 Å². The van der Waals surface area contributed by atoms with E-state index in [1.807, 2.05) is 23.6 Å². The molecule has 0 aliphatic rings. The highest BCUT2D eigenvalue weighted by atomic mass is 32.1. The fourth-order valence-corrected chi connectivity index (χ4v) is 3.25. The monoisotopic (exact) mass is 284 g/mol. The molecule has 1 heterocycles. The lowest BCUT2D eigenvalue weighted by atomic mass is 10.0. The van der Waals surface area contributed by atoms with E-state index in [0.29, 0.717) is 6.42 Å². The van der Waals surface area contributed by atoms with Gasteiger partial charge in [0.15, 0.2) is 0 Å². The number of hydrogen-bond donors (Lipinski definition) is 1. The van der Waals surface area contributed by atoms with Crippen molar-refractivity contribution in [1.82, 2.24) is 0 Å². The van der Waals surface area contributed by atoms with Gasteiger partial charge >= 0.3 is 0 Å². The van der Waals surface area contributed by atoms with Crippen LogP contribution in [0.25, 0.3) is 10.8 Å². The van der Waals surface area contributed by atoms with Gasteiger partial charge in [-0.2, -0.15) is 0 Å². The predicted octanol–water partition coefficient (Wildman–Crippen LogP) is 4.19. The first kappa shape index (κ1) is 13.2. The molecule has 0 bridgehead atoms. The van der Waals surface area contributed by atoms with E-state index in [4.69, 9.17) is 4.74 Å². The normalized spacial score (nSPS) is 12.5. The van der Waals surface area contributed by atoms with Gasteiger partial charge in [0.1, 0.15) is 5.75 Å². The first-order chi connectivity index (χ1) is 9.78. The molecule has 0 saturated carbocycles. The Kier molecular flexibility index (Phi) is 3.72. The Morgan fingerprint density at radius 3 is 2.70 bits per heavy atom. The molecule has 3 aromatic rings. The number of hydrogen-bond acceptors (Lipinski definition) is 3. The van der Waals surface area contributed by atoms with Crippen LogP contribution in [0.4, 0.5) is 0 Å². The summed E-state index contributed by atoms with van der Waals surface area (Å²) in [6.45, 7) is 0. The van der Waals surface area contributed by atoms with E-state index in [-0.39, 0.29) is 0 Å². The first-order valence-corrected chi connectivity index (χ1v) is 7.43. The van der Waals surface area contributed by atoms with Gasteiger partial charge in [0, 0.05) is 6.42 Å². The van der Waals surface area contributed by atoms with Crippen molar-refractivity contribution in [3.8, 4) is 5.75 Å². The van der Waals surface area contributed by atoms with Crippen LogP contribution in [0.5, 0.6) is 5.75 Å². The maximum Gasteiger partial charge on any atom is 0.135 e. The average molecular weight is 284 g/mol. The van der Waals surface area contributed by atoms with Gasteiger partial charge in [0.05, 0.1) is 18.1 Å². The van der Waals surface area contributed by atoms with Crippen molar-refractivity contribution in [2.75, 3.05) is 7.11 Å². The van der Waals surface area contributed by atoms with E-state index in [2.05, 4.69) is 30.3 Å². The first-order valence-electron chi connectivity index (χ1n) is 6.55. The number of aliphatic hydroxyl groups is 1. The number of benzene rings is 2. The molecule has 0 spiro atoms. The van der Waals surface area contributed by atoms with Crippen molar-refractivity contribution in [3.63, 3.8) is 0 Å². The summed E-state index contributed by atoms with van der Waals surface area (Å²) in [5.41, 5.74) is 1.13. The van der Waals surface area contributed by atoms with Gasteiger partial charge in [-0.1, -0.05) is 42.5 Å². The zero-order valence-corrected chi connectivity index (χ0v) is 12.1. The summed E-state index contributed by atoms with van der Waals surface area (Å²) in [7, 11) is 1.63. The van der Waals surface area contributed by atoms with Gasteiger partial charge in [0.25, 0.3) is 0 Å². The van der Waals surface area contributed by atoms with Crippen LogP contribution >= 0.6 is 11.3 Å². The lowest BCUT2D eigenvalue weighted by molar-refractivity contribution is 0.178. The molecule has 3 heteroatoms. The van der Waals surface area contributed by atoms with Gasteiger partial charge in [-0.25, -0.2) is 0 Å². The Morgan fingerprint density at radius 1 is 1.10 bits per heavy atom. The van der Waals surface area contributed by atoms with E-state index in [1.54, 1.807) is 7.11 Å². The number of ether oxygens (including phenoxy) is 1. The summed E-state index contributed by atoms with van der Waals surface area (Å²) >= 11 is 1.53. The van der Waals surface area contributed by atoms with Crippen molar-refractivity contribution in [3.05, 3.63) is 64.4 Å². The van der Waals surface area contributed by atoms with Crippen LogP contribution in [0.2, 0.25) is 0 Å². The highest BCUT2D eigenvalue weighted by Gasteiger charge is 2.15. The fourth-order valence-electron chi connectivity index (χ4n) is 2.40. The summed E-state index contributed by atoms with van der Waals surface area (Å²) in [5.74, 6) is 0.767. The summed E-state index contributed by atoms with van der Waals surface area (Å²) in [6, 6.07) is 16.5. The second kappa shape index (κ2) is 5.65. The minimum atomic E-state index is -0.522. The van der Waals surface area contributed by atoms with E-state index >= 15 is 0 Å². The molecule has 3 rings (SSSR count). The van der Waals surface area contributed by atoms with E-state index < -0.39 is 6.10 Å². The van der Waals surface area contributed by atoms with Crippen LogP contribution in [-0.2, 0) is 6.42 Å². The van der Waals surface area contributed by atoms with Crippen LogP contribution in [0, 0.1) is 0 Å². The Bertz CT molecular complexity index is 718. The maximum absolute atomic E-state index is 10.4. The third-order valence-corrected chi connectivity index (χ3v) is 4.42. The summed E-state index contributed by atoms with van der Waals surface area (Å²) in [6.07, 6.45) is 0.0768. The second-order valence-electron chi connectivity index (χ2n) is 4.75. The Balaban J connectivity index is 1.85. The third kappa shape index (κ3) is 2.55. The standard InChI is InChI=1S/C17H16O2S/c1-19-16-8-9-20-17(16)15(18)11-12-6-7-13-4-2-3-5-14(13)10-12/h2-10,15,18H,11H2,1H3. The zero-order valence-electron chi connectivity index (χ0n) is 11.2. The molecular formula is C17H16O2S. The van der Waals surface area contributed by atoms with Gasteiger partial charge in [0.2, 0.25) is 0 Å². The maximum atomic E-state index is 10.4. The van der Waals surface area contributed by atoms with Crippen molar-refractivity contribution in [2.24, 2.45) is 0 Å². The number of methoxy groups -OCH3 is 1. The number of aliphatic hydroxyl groups excluding tert-OH is 1. The van der Waals surface area contributed by atoms with Crippen molar-refractivity contribution in [1.29, 1.82) is 0 Å². The molecule has 2 nitrogen and oxygen atoms in total. The lowest BCUT2D eigenvalue weighted by Gasteiger charge is -2.11. The number of thiophene rings is 1. The number of fused-ring (bicyclic) bond motifs is 1.